The normalized spacial score (nSPS) is 15.5. The van der Waals surface area contributed by atoms with Crippen molar-refractivity contribution in [3.63, 3.8) is 0 Å². The van der Waals surface area contributed by atoms with E-state index < -0.39 is 11.9 Å². The lowest BCUT2D eigenvalue weighted by Crippen LogP contribution is -2.29. The zero-order chi connectivity index (χ0) is 21.7. The van der Waals surface area contributed by atoms with Crippen LogP contribution in [-0.4, -0.2) is 22.7 Å². The quantitative estimate of drug-likeness (QED) is 0.474. The van der Waals surface area contributed by atoms with E-state index >= 15 is 0 Å². The van der Waals surface area contributed by atoms with Gasteiger partial charge >= 0.3 is 0 Å². The Morgan fingerprint density at radius 1 is 1.10 bits per heavy atom. The van der Waals surface area contributed by atoms with Crippen LogP contribution in [0.15, 0.2) is 51.7 Å². The Hall–Kier alpha value is -3.52. The minimum Gasteiger partial charge on any atom is -0.494 e. The predicted molar refractivity (Wildman–Crippen MR) is 118 cm³/mol. The molecule has 0 N–H and O–H groups in total. The molecule has 8 heteroatoms. The van der Waals surface area contributed by atoms with Crippen molar-refractivity contribution in [1.82, 2.24) is 10.2 Å². The van der Waals surface area contributed by atoms with E-state index in [1.54, 1.807) is 18.2 Å². The van der Waals surface area contributed by atoms with E-state index in [0.717, 1.165) is 16.1 Å². The van der Waals surface area contributed by atoms with Crippen molar-refractivity contribution in [2.45, 2.75) is 26.8 Å². The molecule has 1 unspecified atom stereocenters. The Bertz CT molecular complexity index is 1370. The fourth-order valence-electron chi connectivity index (χ4n) is 3.85. The minimum absolute atomic E-state index is 0.0320. The molecule has 1 atom stereocenters. The molecule has 0 saturated heterocycles. The molecule has 1 aliphatic rings. The van der Waals surface area contributed by atoms with Crippen LogP contribution in [0.2, 0.25) is 0 Å². The molecule has 0 bridgehead atoms. The molecule has 2 aromatic heterocycles. The number of benzene rings is 2. The molecule has 0 aliphatic carbocycles. The van der Waals surface area contributed by atoms with E-state index in [2.05, 4.69) is 10.2 Å². The SMILES string of the molecule is CCOc1ccc2c(=O)c3c(oc2c1)C(=O)N(c1nnc(C)s1)C3c1ccc(C)cc1. The van der Waals surface area contributed by atoms with Crippen LogP contribution in [0.4, 0.5) is 5.13 Å². The van der Waals surface area contributed by atoms with Gasteiger partial charge in [-0.25, -0.2) is 0 Å². The van der Waals surface area contributed by atoms with Gasteiger partial charge in [-0.05, 0) is 38.5 Å². The topological polar surface area (TPSA) is 85.5 Å². The van der Waals surface area contributed by atoms with Crippen LogP contribution < -0.4 is 15.1 Å². The molecule has 4 aromatic rings. The third kappa shape index (κ3) is 3.11. The van der Waals surface area contributed by atoms with Crippen molar-refractivity contribution in [2.24, 2.45) is 0 Å². The minimum atomic E-state index is -0.636. The van der Waals surface area contributed by atoms with Crippen LogP contribution in [0.3, 0.4) is 0 Å². The van der Waals surface area contributed by atoms with Gasteiger partial charge in [0.1, 0.15) is 16.3 Å². The number of aryl methyl sites for hydroxylation is 2. The van der Waals surface area contributed by atoms with Gasteiger partial charge in [0.2, 0.25) is 10.9 Å². The maximum absolute atomic E-state index is 13.6. The van der Waals surface area contributed by atoms with Crippen LogP contribution in [-0.2, 0) is 0 Å². The van der Waals surface area contributed by atoms with Crippen molar-refractivity contribution in [3.05, 3.63) is 80.1 Å². The third-order valence-electron chi connectivity index (χ3n) is 5.27. The lowest BCUT2D eigenvalue weighted by molar-refractivity contribution is 0.0970. The number of carbonyl (C=O) groups excluding carboxylic acids is 1. The predicted octanol–water partition coefficient (Wildman–Crippen LogP) is 4.41. The highest BCUT2D eigenvalue weighted by atomic mass is 32.1. The number of amides is 1. The molecular formula is C23H19N3O4S. The Kier molecular flexibility index (Phi) is 4.59. The number of rotatable bonds is 4. The van der Waals surface area contributed by atoms with Gasteiger partial charge in [-0.2, -0.15) is 0 Å². The lowest BCUT2D eigenvalue weighted by Gasteiger charge is -2.22. The third-order valence-corrected chi connectivity index (χ3v) is 6.11. The Morgan fingerprint density at radius 3 is 2.55 bits per heavy atom. The maximum Gasteiger partial charge on any atom is 0.297 e. The standard InChI is InChI=1S/C23H19N3O4S/c1-4-29-15-9-10-16-17(11-15)30-21-18(20(16)27)19(14-7-5-12(2)6-8-14)26(22(21)28)23-25-24-13(3)31-23/h5-11,19H,4H2,1-3H3. The van der Waals surface area contributed by atoms with Crippen molar-refractivity contribution >= 4 is 33.3 Å². The highest BCUT2D eigenvalue weighted by Crippen LogP contribution is 2.42. The van der Waals surface area contributed by atoms with Crippen LogP contribution in [0.5, 0.6) is 5.75 Å². The van der Waals surface area contributed by atoms with Crippen molar-refractivity contribution in [3.8, 4) is 5.75 Å². The molecule has 1 amide bonds. The summed E-state index contributed by atoms with van der Waals surface area (Å²) >= 11 is 1.30. The number of hydrogen-bond donors (Lipinski definition) is 0. The fourth-order valence-corrected chi connectivity index (χ4v) is 4.57. The molecule has 5 rings (SSSR count). The number of ether oxygens (including phenoxy) is 1. The first-order valence-corrected chi connectivity index (χ1v) is 10.7. The number of aromatic nitrogens is 2. The number of nitrogens with zero attached hydrogens (tertiary/aromatic N) is 3. The van der Waals surface area contributed by atoms with Crippen molar-refractivity contribution in [1.29, 1.82) is 0 Å². The molecule has 0 radical (unpaired) electrons. The number of anilines is 1. The summed E-state index contributed by atoms with van der Waals surface area (Å²) in [6, 6.07) is 12.2. The van der Waals surface area contributed by atoms with Gasteiger partial charge in [0.15, 0.2) is 5.43 Å². The van der Waals surface area contributed by atoms with Crippen molar-refractivity contribution < 1.29 is 13.9 Å². The van der Waals surface area contributed by atoms with E-state index in [4.69, 9.17) is 9.15 Å². The monoisotopic (exact) mass is 433 g/mol. The van der Waals surface area contributed by atoms with Crippen LogP contribution in [0, 0.1) is 13.8 Å². The Labute approximate surface area is 181 Å². The van der Waals surface area contributed by atoms with E-state index in [1.165, 1.54) is 16.2 Å². The average molecular weight is 433 g/mol. The summed E-state index contributed by atoms with van der Waals surface area (Å²) in [5.74, 6) is 0.206. The van der Waals surface area contributed by atoms with Crippen LogP contribution in [0.25, 0.3) is 11.0 Å². The van der Waals surface area contributed by atoms with E-state index in [-0.39, 0.29) is 11.2 Å². The highest BCUT2D eigenvalue weighted by molar-refractivity contribution is 7.15. The molecule has 7 nitrogen and oxygen atoms in total. The molecule has 3 heterocycles. The Morgan fingerprint density at radius 2 is 1.87 bits per heavy atom. The fraction of sp³-hybridized carbons (Fsp3) is 0.217. The van der Waals surface area contributed by atoms with Gasteiger partial charge in [0.25, 0.3) is 5.91 Å². The zero-order valence-corrected chi connectivity index (χ0v) is 18.0. The largest absolute Gasteiger partial charge is 0.494 e. The summed E-state index contributed by atoms with van der Waals surface area (Å²) in [7, 11) is 0. The first-order chi connectivity index (χ1) is 15.0. The molecule has 156 valence electrons. The van der Waals surface area contributed by atoms with Gasteiger partial charge in [0, 0.05) is 6.07 Å². The van der Waals surface area contributed by atoms with Gasteiger partial charge in [-0.15, -0.1) is 10.2 Å². The zero-order valence-electron chi connectivity index (χ0n) is 17.2. The van der Waals surface area contributed by atoms with E-state index in [1.807, 2.05) is 45.0 Å². The summed E-state index contributed by atoms with van der Waals surface area (Å²) in [6.07, 6.45) is 0. The molecule has 0 spiro atoms. The van der Waals surface area contributed by atoms with Gasteiger partial charge < -0.3 is 9.15 Å². The second kappa shape index (κ2) is 7.31. The lowest BCUT2D eigenvalue weighted by atomic mass is 9.98. The Balaban J connectivity index is 1.77. The van der Waals surface area contributed by atoms with Crippen LogP contribution in [0.1, 0.15) is 45.2 Å². The number of hydrogen-bond acceptors (Lipinski definition) is 7. The second-order valence-electron chi connectivity index (χ2n) is 7.36. The van der Waals surface area contributed by atoms with E-state index in [9.17, 15) is 9.59 Å². The molecule has 1 aliphatic heterocycles. The summed E-state index contributed by atoms with van der Waals surface area (Å²) in [5, 5.41) is 9.79. The molecular weight excluding hydrogens is 414 g/mol. The molecule has 31 heavy (non-hydrogen) atoms. The average Bonchev–Trinajstić information content (AvgIpc) is 3.30. The van der Waals surface area contributed by atoms with Crippen molar-refractivity contribution in [2.75, 3.05) is 11.5 Å². The molecule has 0 fully saturated rings. The summed E-state index contributed by atoms with van der Waals surface area (Å²) in [5.41, 5.74) is 2.30. The molecule has 2 aromatic carbocycles. The first-order valence-electron chi connectivity index (χ1n) is 9.91. The van der Waals surface area contributed by atoms with Gasteiger partial charge in [0.05, 0.1) is 23.6 Å². The van der Waals surface area contributed by atoms with Gasteiger partial charge in [-0.1, -0.05) is 41.2 Å². The number of fused-ring (bicyclic) bond motifs is 2. The number of carbonyl (C=O) groups is 1. The summed E-state index contributed by atoms with van der Waals surface area (Å²) in [4.78, 5) is 28.5. The summed E-state index contributed by atoms with van der Waals surface area (Å²) < 4.78 is 11.5. The highest BCUT2D eigenvalue weighted by Gasteiger charge is 2.45. The van der Waals surface area contributed by atoms with Gasteiger partial charge in [-0.3, -0.25) is 14.5 Å². The first kappa shape index (κ1) is 19.4. The van der Waals surface area contributed by atoms with Crippen LogP contribution >= 0.6 is 11.3 Å². The summed E-state index contributed by atoms with van der Waals surface area (Å²) in [6.45, 7) is 6.17. The smallest absolute Gasteiger partial charge is 0.297 e. The molecule has 0 saturated carbocycles. The second-order valence-corrected chi connectivity index (χ2v) is 8.52. The maximum atomic E-state index is 13.6. The van der Waals surface area contributed by atoms with E-state index in [0.29, 0.717) is 34.0 Å².